The molecule has 33 heavy (non-hydrogen) atoms. The van der Waals surface area contributed by atoms with Gasteiger partial charge in [-0.15, -0.1) is 0 Å². The van der Waals surface area contributed by atoms with E-state index in [-0.39, 0.29) is 30.8 Å². The predicted octanol–water partition coefficient (Wildman–Crippen LogP) is 2.77. The van der Waals surface area contributed by atoms with Gasteiger partial charge in [-0.3, -0.25) is 19.7 Å². The summed E-state index contributed by atoms with van der Waals surface area (Å²) in [5.74, 6) is -0.977. The van der Waals surface area contributed by atoms with Gasteiger partial charge in [-0.2, -0.15) is 0 Å². The summed E-state index contributed by atoms with van der Waals surface area (Å²) >= 11 is 0. The van der Waals surface area contributed by atoms with Gasteiger partial charge in [-0.25, -0.2) is 4.79 Å². The third-order valence-corrected chi connectivity index (χ3v) is 6.42. The molecule has 0 spiro atoms. The molecule has 2 N–H and O–H groups in total. The van der Waals surface area contributed by atoms with Crippen molar-refractivity contribution in [2.45, 2.75) is 31.8 Å². The lowest BCUT2D eigenvalue weighted by Gasteiger charge is -2.29. The average Bonchev–Trinajstić information content (AvgIpc) is 3.15. The molecular formula is C25H24N4O4. The molecule has 1 saturated heterocycles. The van der Waals surface area contributed by atoms with Crippen LogP contribution in [0.1, 0.15) is 40.7 Å². The van der Waals surface area contributed by atoms with Crippen molar-refractivity contribution < 1.29 is 19.2 Å². The monoisotopic (exact) mass is 444 g/mol. The van der Waals surface area contributed by atoms with Crippen LogP contribution in [0, 0.1) is 0 Å². The van der Waals surface area contributed by atoms with Crippen LogP contribution in [0.25, 0.3) is 5.57 Å². The number of fused-ring (bicyclic) bond motifs is 1. The summed E-state index contributed by atoms with van der Waals surface area (Å²) in [6, 6.07) is 14.5. The van der Waals surface area contributed by atoms with Crippen LogP contribution in [0.5, 0.6) is 0 Å². The molecule has 1 unspecified atom stereocenters. The fourth-order valence-electron chi connectivity index (χ4n) is 4.62. The second kappa shape index (κ2) is 8.54. The lowest BCUT2D eigenvalue weighted by atomic mass is 10.00. The van der Waals surface area contributed by atoms with Crippen LogP contribution in [-0.2, 0) is 16.1 Å². The van der Waals surface area contributed by atoms with E-state index in [9.17, 15) is 19.2 Å². The van der Waals surface area contributed by atoms with E-state index in [4.69, 9.17) is 0 Å². The number of amides is 5. The van der Waals surface area contributed by atoms with Gasteiger partial charge in [0.2, 0.25) is 11.8 Å². The van der Waals surface area contributed by atoms with Crippen molar-refractivity contribution in [3.8, 4) is 0 Å². The number of imide groups is 1. The number of hydrogen-bond donors (Lipinski definition) is 2. The van der Waals surface area contributed by atoms with Crippen molar-refractivity contribution in [3.63, 3.8) is 0 Å². The molecule has 0 aromatic heterocycles. The fraction of sp³-hybridized carbons (Fsp3) is 0.280. The van der Waals surface area contributed by atoms with Crippen molar-refractivity contribution >= 4 is 35.0 Å². The molecule has 5 rings (SSSR count). The van der Waals surface area contributed by atoms with E-state index in [1.807, 2.05) is 18.2 Å². The second-order valence-electron chi connectivity index (χ2n) is 8.49. The Bertz CT molecular complexity index is 1170. The minimum Gasteiger partial charge on any atom is -0.322 e. The lowest BCUT2D eigenvalue weighted by molar-refractivity contribution is -0.136. The quantitative estimate of drug-likeness (QED) is 0.711. The fourth-order valence-corrected chi connectivity index (χ4v) is 4.62. The summed E-state index contributed by atoms with van der Waals surface area (Å²) in [6.07, 6.45) is 3.41. The Kier molecular flexibility index (Phi) is 5.42. The Morgan fingerprint density at radius 2 is 1.85 bits per heavy atom. The van der Waals surface area contributed by atoms with E-state index in [1.165, 1.54) is 16.0 Å². The molecule has 2 aromatic rings. The number of nitrogens with one attached hydrogen (secondary N) is 2. The highest BCUT2D eigenvalue weighted by molar-refractivity contribution is 6.05. The molecule has 8 nitrogen and oxygen atoms in total. The predicted molar refractivity (Wildman–Crippen MR) is 122 cm³/mol. The van der Waals surface area contributed by atoms with Crippen LogP contribution in [0.3, 0.4) is 0 Å². The molecule has 0 bridgehead atoms. The van der Waals surface area contributed by atoms with E-state index < -0.39 is 11.9 Å². The van der Waals surface area contributed by atoms with E-state index in [2.05, 4.69) is 28.8 Å². The normalized spacial score (nSPS) is 20.3. The van der Waals surface area contributed by atoms with Crippen molar-refractivity contribution in [2.75, 3.05) is 18.4 Å². The van der Waals surface area contributed by atoms with Gasteiger partial charge in [-0.05, 0) is 47.7 Å². The molecule has 0 aliphatic carbocycles. The maximum absolute atomic E-state index is 12.8. The van der Waals surface area contributed by atoms with E-state index in [1.54, 1.807) is 23.1 Å². The van der Waals surface area contributed by atoms with E-state index >= 15 is 0 Å². The number of nitrogens with zero attached hydrogens (tertiary/aromatic N) is 2. The summed E-state index contributed by atoms with van der Waals surface area (Å²) in [5.41, 5.74) is 4.30. The van der Waals surface area contributed by atoms with Crippen LogP contribution in [-0.4, -0.2) is 52.7 Å². The number of carbonyl (C=O) groups is 4. The Labute approximate surface area is 191 Å². The first-order valence-electron chi connectivity index (χ1n) is 11.1. The lowest BCUT2D eigenvalue weighted by Crippen LogP contribution is -2.52. The zero-order chi connectivity index (χ0) is 22.9. The van der Waals surface area contributed by atoms with Crippen LogP contribution in [0.15, 0.2) is 54.6 Å². The number of rotatable bonds is 3. The zero-order valence-corrected chi connectivity index (χ0v) is 18.0. The zero-order valence-electron chi connectivity index (χ0n) is 18.0. The molecule has 0 saturated carbocycles. The smallest absolute Gasteiger partial charge is 0.322 e. The second-order valence-corrected chi connectivity index (χ2v) is 8.49. The molecule has 1 fully saturated rings. The largest absolute Gasteiger partial charge is 0.322 e. The van der Waals surface area contributed by atoms with Gasteiger partial charge in [0.1, 0.15) is 6.04 Å². The highest BCUT2D eigenvalue weighted by atomic mass is 16.2. The highest BCUT2D eigenvalue weighted by Gasteiger charge is 2.39. The van der Waals surface area contributed by atoms with E-state index in [0.29, 0.717) is 30.8 Å². The summed E-state index contributed by atoms with van der Waals surface area (Å²) in [7, 11) is 0. The first-order chi connectivity index (χ1) is 16.0. The van der Waals surface area contributed by atoms with Gasteiger partial charge in [0.25, 0.3) is 5.91 Å². The van der Waals surface area contributed by atoms with Crippen molar-refractivity contribution in [1.82, 2.24) is 15.1 Å². The number of urea groups is 1. The van der Waals surface area contributed by atoms with Gasteiger partial charge in [-0.1, -0.05) is 36.4 Å². The van der Waals surface area contributed by atoms with Crippen LogP contribution >= 0.6 is 0 Å². The number of hydrogen-bond acceptors (Lipinski definition) is 4. The number of benzene rings is 2. The molecule has 3 aliphatic rings. The minimum absolute atomic E-state index is 0.190. The Hall–Kier alpha value is -3.94. The van der Waals surface area contributed by atoms with Gasteiger partial charge >= 0.3 is 6.03 Å². The summed E-state index contributed by atoms with van der Waals surface area (Å²) in [6.45, 7) is 1.43. The average molecular weight is 444 g/mol. The minimum atomic E-state index is -0.653. The van der Waals surface area contributed by atoms with Gasteiger partial charge in [0.05, 0.1) is 0 Å². The standard InChI is InChI=1S/C25H24N4O4/c30-22-9-8-21(23(31)27-22)29-15-18-14-19(6-7-20(18)24(29)32)26-25(33)28-12-10-17(11-13-28)16-4-2-1-3-5-16/h1-7,10,14,21H,8-9,11-13,15H2,(H,26,33)(H,27,30,31). The summed E-state index contributed by atoms with van der Waals surface area (Å²) in [4.78, 5) is 52.5. The summed E-state index contributed by atoms with van der Waals surface area (Å²) in [5, 5.41) is 5.23. The van der Waals surface area contributed by atoms with Gasteiger partial charge in [0, 0.05) is 37.3 Å². The molecule has 3 heterocycles. The van der Waals surface area contributed by atoms with Crippen LogP contribution in [0.4, 0.5) is 10.5 Å². The van der Waals surface area contributed by atoms with Crippen molar-refractivity contribution in [1.29, 1.82) is 0 Å². The molecule has 2 aromatic carbocycles. The van der Waals surface area contributed by atoms with Crippen molar-refractivity contribution in [2.24, 2.45) is 0 Å². The van der Waals surface area contributed by atoms with Gasteiger partial charge < -0.3 is 15.1 Å². The maximum Gasteiger partial charge on any atom is 0.322 e. The third kappa shape index (κ3) is 4.11. The number of anilines is 1. The Morgan fingerprint density at radius 3 is 2.58 bits per heavy atom. The maximum atomic E-state index is 12.8. The van der Waals surface area contributed by atoms with E-state index in [0.717, 1.165) is 12.0 Å². The highest BCUT2D eigenvalue weighted by Crippen LogP contribution is 2.30. The summed E-state index contributed by atoms with van der Waals surface area (Å²) < 4.78 is 0. The molecule has 8 heteroatoms. The third-order valence-electron chi connectivity index (χ3n) is 6.42. The van der Waals surface area contributed by atoms with Crippen LogP contribution < -0.4 is 10.6 Å². The Balaban J connectivity index is 1.24. The topological polar surface area (TPSA) is 98.8 Å². The van der Waals surface area contributed by atoms with Gasteiger partial charge in [0.15, 0.2) is 0 Å². The first-order valence-corrected chi connectivity index (χ1v) is 11.1. The molecule has 3 aliphatic heterocycles. The first kappa shape index (κ1) is 20.9. The Morgan fingerprint density at radius 1 is 1.03 bits per heavy atom. The molecule has 168 valence electrons. The number of carbonyl (C=O) groups excluding carboxylic acids is 4. The number of piperidine rings is 1. The van der Waals surface area contributed by atoms with Crippen molar-refractivity contribution in [3.05, 3.63) is 71.3 Å². The molecule has 1 atom stereocenters. The molecule has 5 amide bonds. The molecular weight excluding hydrogens is 420 g/mol. The molecule has 0 radical (unpaired) electrons. The SMILES string of the molecule is O=C1CCC(N2Cc3cc(NC(=O)N4CC=C(c5ccccc5)CC4)ccc3C2=O)C(=O)N1. The van der Waals surface area contributed by atoms with Crippen LogP contribution in [0.2, 0.25) is 0 Å².